The number of hydrogen-bond acceptors (Lipinski definition) is 2. The molecule has 2 aromatic rings. The van der Waals surface area contributed by atoms with E-state index >= 15 is 0 Å². The predicted molar refractivity (Wildman–Crippen MR) is 69.6 cm³/mol. The van der Waals surface area contributed by atoms with Gasteiger partial charge < -0.3 is 9.73 Å². The highest BCUT2D eigenvalue weighted by molar-refractivity contribution is 9.10. The average molecular weight is 301 g/mol. The summed E-state index contributed by atoms with van der Waals surface area (Å²) in [6.07, 6.45) is 0. The Balaban J connectivity index is 2.35. The summed E-state index contributed by atoms with van der Waals surface area (Å²) in [6, 6.07) is 9.62. The first-order valence-corrected chi connectivity index (χ1v) is 6.06. The summed E-state index contributed by atoms with van der Waals surface area (Å²) >= 11 is 9.52. The van der Waals surface area contributed by atoms with E-state index in [1.807, 2.05) is 37.4 Å². The van der Waals surface area contributed by atoms with E-state index in [0.717, 1.165) is 21.6 Å². The Morgan fingerprint density at radius 3 is 2.81 bits per heavy atom. The standard InChI is InChI=1S/C12H11BrClNO/c1-15-7-9-3-5-12(16-9)10-4-2-8(13)6-11(10)14/h2-6,15H,7H2,1H3. The fourth-order valence-electron chi connectivity index (χ4n) is 1.48. The number of hydrogen-bond donors (Lipinski definition) is 1. The van der Waals surface area contributed by atoms with Crippen molar-refractivity contribution in [2.75, 3.05) is 7.05 Å². The lowest BCUT2D eigenvalue weighted by molar-refractivity contribution is 0.507. The number of halogens is 2. The summed E-state index contributed by atoms with van der Waals surface area (Å²) < 4.78 is 6.63. The van der Waals surface area contributed by atoms with Gasteiger partial charge in [0.2, 0.25) is 0 Å². The van der Waals surface area contributed by atoms with E-state index in [1.54, 1.807) is 0 Å². The van der Waals surface area contributed by atoms with Gasteiger partial charge in [0.1, 0.15) is 11.5 Å². The molecular formula is C12H11BrClNO. The number of rotatable bonds is 3. The van der Waals surface area contributed by atoms with Crippen LogP contribution in [-0.4, -0.2) is 7.05 Å². The van der Waals surface area contributed by atoms with Gasteiger partial charge in [-0.2, -0.15) is 0 Å². The van der Waals surface area contributed by atoms with Crippen LogP contribution in [0.25, 0.3) is 11.3 Å². The number of nitrogens with one attached hydrogen (secondary N) is 1. The Kier molecular flexibility index (Phi) is 3.69. The smallest absolute Gasteiger partial charge is 0.135 e. The summed E-state index contributed by atoms with van der Waals surface area (Å²) in [4.78, 5) is 0. The van der Waals surface area contributed by atoms with Crippen LogP contribution in [0, 0.1) is 0 Å². The van der Waals surface area contributed by atoms with Gasteiger partial charge in [-0.05, 0) is 37.4 Å². The van der Waals surface area contributed by atoms with E-state index in [-0.39, 0.29) is 0 Å². The molecule has 0 radical (unpaired) electrons. The fraction of sp³-hybridized carbons (Fsp3) is 0.167. The summed E-state index contributed by atoms with van der Waals surface area (Å²) in [7, 11) is 1.88. The molecule has 0 aliphatic carbocycles. The maximum atomic E-state index is 6.14. The topological polar surface area (TPSA) is 25.2 Å². The minimum Gasteiger partial charge on any atom is -0.460 e. The average Bonchev–Trinajstić information content (AvgIpc) is 2.67. The molecule has 0 fully saturated rings. The van der Waals surface area contributed by atoms with Gasteiger partial charge in [0.15, 0.2) is 0 Å². The Hall–Kier alpha value is -0.770. The maximum Gasteiger partial charge on any atom is 0.135 e. The Morgan fingerprint density at radius 1 is 1.31 bits per heavy atom. The third-order valence-corrected chi connectivity index (χ3v) is 3.02. The van der Waals surface area contributed by atoms with Crippen molar-refractivity contribution in [1.29, 1.82) is 0 Å². The molecule has 1 N–H and O–H groups in total. The lowest BCUT2D eigenvalue weighted by atomic mass is 10.2. The molecule has 0 saturated carbocycles. The predicted octanol–water partition coefficient (Wildman–Crippen LogP) is 4.08. The summed E-state index contributed by atoms with van der Waals surface area (Å²) in [6.45, 7) is 0.716. The molecule has 0 spiro atoms. The first kappa shape index (κ1) is 11.7. The molecule has 1 heterocycles. The van der Waals surface area contributed by atoms with Gasteiger partial charge >= 0.3 is 0 Å². The molecule has 1 aromatic carbocycles. The lowest BCUT2D eigenvalue weighted by Gasteiger charge is -2.01. The Bertz CT molecular complexity index is 496. The molecular weight excluding hydrogens is 289 g/mol. The van der Waals surface area contributed by atoms with E-state index in [2.05, 4.69) is 21.2 Å². The second-order valence-corrected chi connectivity index (χ2v) is 4.74. The lowest BCUT2D eigenvalue weighted by Crippen LogP contribution is -2.03. The van der Waals surface area contributed by atoms with Crippen molar-refractivity contribution >= 4 is 27.5 Å². The molecule has 4 heteroatoms. The molecule has 0 aliphatic heterocycles. The molecule has 0 aliphatic rings. The molecule has 2 rings (SSSR count). The monoisotopic (exact) mass is 299 g/mol. The first-order chi connectivity index (χ1) is 7.70. The first-order valence-electron chi connectivity index (χ1n) is 4.89. The van der Waals surface area contributed by atoms with Crippen molar-refractivity contribution < 1.29 is 4.42 Å². The highest BCUT2D eigenvalue weighted by Gasteiger charge is 2.08. The van der Waals surface area contributed by atoms with E-state index in [1.165, 1.54) is 0 Å². The van der Waals surface area contributed by atoms with Gasteiger partial charge in [-0.25, -0.2) is 0 Å². The second kappa shape index (κ2) is 5.04. The van der Waals surface area contributed by atoms with Crippen molar-refractivity contribution in [1.82, 2.24) is 5.32 Å². The zero-order chi connectivity index (χ0) is 11.5. The van der Waals surface area contributed by atoms with Crippen LogP contribution < -0.4 is 5.32 Å². The SMILES string of the molecule is CNCc1ccc(-c2ccc(Br)cc2Cl)o1. The molecule has 0 unspecified atom stereocenters. The molecule has 2 nitrogen and oxygen atoms in total. The summed E-state index contributed by atoms with van der Waals surface area (Å²) in [5, 5.41) is 3.72. The number of furan rings is 1. The number of benzene rings is 1. The van der Waals surface area contributed by atoms with E-state index in [0.29, 0.717) is 11.6 Å². The van der Waals surface area contributed by atoms with Crippen molar-refractivity contribution in [3.05, 3.63) is 45.6 Å². The highest BCUT2D eigenvalue weighted by Crippen LogP contribution is 2.31. The molecule has 84 valence electrons. The molecule has 0 atom stereocenters. The highest BCUT2D eigenvalue weighted by atomic mass is 79.9. The largest absolute Gasteiger partial charge is 0.460 e. The van der Waals surface area contributed by atoms with Gasteiger partial charge in [0.05, 0.1) is 11.6 Å². The Morgan fingerprint density at radius 2 is 2.12 bits per heavy atom. The molecule has 16 heavy (non-hydrogen) atoms. The maximum absolute atomic E-state index is 6.14. The van der Waals surface area contributed by atoms with Gasteiger partial charge in [0, 0.05) is 10.0 Å². The molecule has 0 saturated heterocycles. The van der Waals surface area contributed by atoms with E-state index in [4.69, 9.17) is 16.0 Å². The van der Waals surface area contributed by atoms with E-state index < -0.39 is 0 Å². The molecule has 0 bridgehead atoms. The van der Waals surface area contributed by atoms with Crippen LogP contribution in [0.3, 0.4) is 0 Å². The minimum atomic E-state index is 0.680. The van der Waals surface area contributed by atoms with Crippen molar-refractivity contribution in [3.63, 3.8) is 0 Å². The van der Waals surface area contributed by atoms with Gasteiger partial charge in [-0.1, -0.05) is 27.5 Å². The zero-order valence-electron chi connectivity index (χ0n) is 8.76. The Labute approximate surface area is 108 Å². The van der Waals surface area contributed by atoms with Crippen LogP contribution in [0.5, 0.6) is 0 Å². The zero-order valence-corrected chi connectivity index (χ0v) is 11.1. The van der Waals surface area contributed by atoms with Crippen molar-refractivity contribution in [2.45, 2.75) is 6.54 Å². The third-order valence-electron chi connectivity index (χ3n) is 2.21. The van der Waals surface area contributed by atoms with Gasteiger partial charge in [-0.15, -0.1) is 0 Å². The quantitative estimate of drug-likeness (QED) is 0.924. The van der Waals surface area contributed by atoms with Gasteiger partial charge in [-0.3, -0.25) is 0 Å². The van der Waals surface area contributed by atoms with Crippen molar-refractivity contribution in [2.24, 2.45) is 0 Å². The summed E-state index contributed by atoms with van der Waals surface area (Å²) in [5.74, 6) is 1.69. The van der Waals surface area contributed by atoms with Gasteiger partial charge in [0.25, 0.3) is 0 Å². The van der Waals surface area contributed by atoms with E-state index in [9.17, 15) is 0 Å². The van der Waals surface area contributed by atoms with Crippen molar-refractivity contribution in [3.8, 4) is 11.3 Å². The third kappa shape index (κ3) is 2.48. The normalized spacial score (nSPS) is 10.7. The second-order valence-electron chi connectivity index (χ2n) is 3.42. The fourth-order valence-corrected chi connectivity index (χ4v) is 2.25. The molecule has 0 amide bonds. The minimum absolute atomic E-state index is 0.680. The van der Waals surface area contributed by atoms with Crippen LogP contribution in [-0.2, 0) is 6.54 Å². The van der Waals surface area contributed by atoms with Crippen LogP contribution in [0.4, 0.5) is 0 Å². The molecule has 1 aromatic heterocycles. The van der Waals surface area contributed by atoms with Crippen LogP contribution in [0.2, 0.25) is 5.02 Å². The van der Waals surface area contributed by atoms with Crippen LogP contribution in [0.15, 0.2) is 39.2 Å². The summed E-state index contributed by atoms with van der Waals surface area (Å²) in [5.41, 5.74) is 0.909. The van der Waals surface area contributed by atoms with Crippen LogP contribution in [0.1, 0.15) is 5.76 Å². The van der Waals surface area contributed by atoms with Crippen LogP contribution >= 0.6 is 27.5 Å².